The normalized spacial score (nSPS) is 18.4. The average Bonchev–Trinajstić information content (AvgIpc) is 3.75. The monoisotopic (exact) mass is 552 g/mol. The smallest absolute Gasteiger partial charge is 0.145 e. The van der Waals surface area contributed by atoms with E-state index in [4.69, 9.17) is 14.8 Å². The van der Waals surface area contributed by atoms with E-state index in [1.54, 1.807) is 6.33 Å². The molecular weight excluding hydrogens is 516 g/mol. The minimum atomic E-state index is -1.13. The van der Waals surface area contributed by atoms with Gasteiger partial charge < -0.3 is 14.3 Å². The summed E-state index contributed by atoms with van der Waals surface area (Å²) in [5, 5.41) is 16.5. The summed E-state index contributed by atoms with van der Waals surface area (Å²) in [7, 11) is -1.13. The fraction of sp³-hybridized carbons (Fsp3) is 0.433. The number of hydrogen-bond donors (Lipinski definition) is 1. The molecule has 0 spiro atoms. The Morgan fingerprint density at radius 2 is 2.08 bits per heavy atom. The molecule has 1 fully saturated rings. The second-order valence-corrected chi connectivity index (χ2v) is 17.8. The number of nitrogens with zero attached hydrogens (tertiary/aromatic N) is 7. The largest absolute Gasteiger partial charge is 0.361 e. The van der Waals surface area contributed by atoms with Crippen molar-refractivity contribution in [3.8, 4) is 17.3 Å². The summed E-state index contributed by atoms with van der Waals surface area (Å²) in [6, 6.07) is 11.9. The lowest BCUT2D eigenvalue weighted by Crippen LogP contribution is -2.22. The van der Waals surface area contributed by atoms with Crippen LogP contribution in [0.4, 0.5) is 0 Å². The van der Waals surface area contributed by atoms with Crippen molar-refractivity contribution >= 4 is 30.1 Å². The first-order valence-electron chi connectivity index (χ1n) is 14.1. The van der Waals surface area contributed by atoms with Gasteiger partial charge in [-0.1, -0.05) is 19.6 Å². The highest BCUT2D eigenvalue weighted by Gasteiger charge is 2.34. The van der Waals surface area contributed by atoms with Gasteiger partial charge in [0.15, 0.2) is 0 Å². The number of ether oxygens (including phenoxy) is 1. The van der Waals surface area contributed by atoms with Crippen molar-refractivity contribution in [3.05, 3.63) is 61.1 Å². The Hall–Kier alpha value is -3.81. The molecule has 5 aromatic heterocycles. The van der Waals surface area contributed by atoms with Crippen LogP contribution in [0.5, 0.6) is 0 Å². The van der Waals surface area contributed by atoms with Crippen molar-refractivity contribution in [1.82, 2.24) is 34.3 Å². The van der Waals surface area contributed by atoms with Crippen LogP contribution in [-0.4, -0.2) is 49.0 Å². The summed E-state index contributed by atoms with van der Waals surface area (Å²) in [4.78, 5) is 17.3. The first-order chi connectivity index (χ1) is 19.4. The van der Waals surface area contributed by atoms with E-state index in [0.29, 0.717) is 25.0 Å². The van der Waals surface area contributed by atoms with Gasteiger partial charge >= 0.3 is 0 Å². The molecule has 2 unspecified atom stereocenters. The Morgan fingerprint density at radius 1 is 1.18 bits per heavy atom. The topological polar surface area (TPSA) is 110 Å². The SMILES string of the molecule is C[Si](C)(C)CCOCn1ccc2c(-c3cnn(C(CC#N)[C@H]4CCC(c5ccc6cc[nH]c6n5)C4)c3)ncnc21. The van der Waals surface area contributed by atoms with E-state index in [1.165, 1.54) is 0 Å². The zero-order valence-corrected chi connectivity index (χ0v) is 24.4. The van der Waals surface area contributed by atoms with E-state index in [2.05, 4.69) is 52.8 Å². The van der Waals surface area contributed by atoms with E-state index in [-0.39, 0.29) is 6.04 Å². The zero-order valence-electron chi connectivity index (χ0n) is 23.4. The second-order valence-electron chi connectivity index (χ2n) is 12.2. The molecule has 0 aromatic carbocycles. The molecular formula is C30H36N8OSi. The molecule has 0 saturated heterocycles. The average molecular weight is 553 g/mol. The third-order valence-corrected chi connectivity index (χ3v) is 9.87. The Labute approximate surface area is 235 Å². The number of hydrogen-bond acceptors (Lipinski definition) is 6. The fourth-order valence-corrected chi connectivity index (χ4v) is 6.65. The first-order valence-corrected chi connectivity index (χ1v) is 17.8. The van der Waals surface area contributed by atoms with Gasteiger partial charge in [0.25, 0.3) is 0 Å². The van der Waals surface area contributed by atoms with Gasteiger partial charge in [0.05, 0.1) is 30.4 Å². The molecule has 10 heteroatoms. The van der Waals surface area contributed by atoms with Gasteiger partial charge in [0.2, 0.25) is 0 Å². The molecule has 1 N–H and O–H groups in total. The minimum absolute atomic E-state index is 0.0136. The highest BCUT2D eigenvalue weighted by atomic mass is 28.3. The van der Waals surface area contributed by atoms with Crippen LogP contribution in [0.2, 0.25) is 25.7 Å². The molecule has 9 nitrogen and oxygen atoms in total. The van der Waals surface area contributed by atoms with Crippen molar-refractivity contribution < 1.29 is 4.74 Å². The van der Waals surface area contributed by atoms with Crippen LogP contribution in [0.25, 0.3) is 33.3 Å². The molecule has 1 aliphatic rings. The molecule has 0 radical (unpaired) electrons. The van der Waals surface area contributed by atoms with Crippen LogP contribution >= 0.6 is 0 Å². The number of pyridine rings is 1. The molecule has 5 aromatic rings. The highest BCUT2D eigenvalue weighted by molar-refractivity contribution is 6.76. The summed E-state index contributed by atoms with van der Waals surface area (Å²) in [5.41, 5.74) is 4.70. The van der Waals surface area contributed by atoms with E-state index in [9.17, 15) is 5.26 Å². The van der Waals surface area contributed by atoms with Crippen molar-refractivity contribution in [1.29, 1.82) is 5.26 Å². The molecule has 40 heavy (non-hydrogen) atoms. The van der Waals surface area contributed by atoms with E-state index in [1.807, 2.05) is 46.2 Å². The Balaban J connectivity index is 1.19. The number of H-pyrrole nitrogens is 1. The van der Waals surface area contributed by atoms with Crippen LogP contribution in [-0.2, 0) is 11.5 Å². The van der Waals surface area contributed by atoms with Crippen LogP contribution < -0.4 is 0 Å². The second kappa shape index (κ2) is 11.0. The molecule has 0 amide bonds. The summed E-state index contributed by atoms with van der Waals surface area (Å²) in [6.45, 7) is 8.30. The van der Waals surface area contributed by atoms with Crippen molar-refractivity contribution in [3.63, 3.8) is 0 Å². The summed E-state index contributed by atoms with van der Waals surface area (Å²) in [6.07, 6.45) is 13.0. The Morgan fingerprint density at radius 3 is 2.92 bits per heavy atom. The predicted octanol–water partition coefficient (Wildman–Crippen LogP) is 6.52. The number of rotatable bonds is 10. The van der Waals surface area contributed by atoms with Gasteiger partial charge in [-0.25, -0.2) is 15.0 Å². The molecule has 1 aliphatic carbocycles. The third kappa shape index (κ3) is 5.44. The van der Waals surface area contributed by atoms with Crippen LogP contribution in [0.1, 0.15) is 43.3 Å². The quantitative estimate of drug-likeness (QED) is 0.156. The first kappa shape index (κ1) is 26.4. The lowest BCUT2D eigenvalue weighted by Gasteiger charge is -2.22. The summed E-state index contributed by atoms with van der Waals surface area (Å²) < 4.78 is 9.99. The van der Waals surface area contributed by atoms with Crippen LogP contribution in [0, 0.1) is 17.2 Å². The Bertz CT molecular complexity index is 1660. The lowest BCUT2D eigenvalue weighted by atomic mass is 9.93. The molecule has 3 atom stereocenters. The maximum Gasteiger partial charge on any atom is 0.145 e. The van der Waals surface area contributed by atoms with Gasteiger partial charge in [-0.15, -0.1) is 0 Å². The van der Waals surface area contributed by atoms with Gasteiger partial charge in [0.1, 0.15) is 24.4 Å². The number of nitrogens with one attached hydrogen (secondary N) is 1. The van der Waals surface area contributed by atoms with Crippen molar-refractivity contribution in [2.45, 2.75) is 70.1 Å². The minimum Gasteiger partial charge on any atom is -0.361 e. The number of fused-ring (bicyclic) bond motifs is 2. The van der Waals surface area contributed by atoms with Crippen LogP contribution in [0.3, 0.4) is 0 Å². The third-order valence-electron chi connectivity index (χ3n) is 8.16. The number of nitriles is 1. The van der Waals surface area contributed by atoms with Crippen LogP contribution in [0.15, 0.2) is 55.4 Å². The van der Waals surface area contributed by atoms with E-state index < -0.39 is 8.07 Å². The van der Waals surface area contributed by atoms with Gasteiger partial charge in [-0.2, -0.15) is 10.4 Å². The Kier molecular flexibility index (Phi) is 7.25. The highest BCUT2D eigenvalue weighted by Crippen LogP contribution is 2.44. The van der Waals surface area contributed by atoms with E-state index >= 15 is 0 Å². The summed E-state index contributed by atoms with van der Waals surface area (Å²) >= 11 is 0. The standard InChI is InChI=1S/C30H36N8OSi/c1-40(2,3)15-14-39-20-37-13-10-25-28(33-19-34-30(25)37)24-17-35-38(18-24)27(8-11-31)23-5-4-22(16-23)26-7-6-21-9-12-32-29(21)36-26/h6-7,9-10,12-13,17-19,22-23,27H,4-5,8,14-16,20H2,1-3H3,(H,32,36)/t22?,23-,27?/m0/s1. The molecule has 5 heterocycles. The lowest BCUT2D eigenvalue weighted by molar-refractivity contribution is 0.0899. The molecule has 1 saturated carbocycles. The van der Waals surface area contributed by atoms with E-state index in [0.717, 1.165) is 70.9 Å². The maximum absolute atomic E-state index is 9.70. The molecule has 0 aliphatic heterocycles. The van der Waals surface area contributed by atoms with Gasteiger partial charge in [-0.3, -0.25) is 4.68 Å². The number of aromatic amines is 1. The summed E-state index contributed by atoms with van der Waals surface area (Å²) in [5.74, 6) is 0.751. The predicted molar refractivity (Wildman–Crippen MR) is 158 cm³/mol. The van der Waals surface area contributed by atoms with Gasteiger partial charge in [-0.05, 0) is 55.5 Å². The molecule has 6 rings (SSSR count). The molecule has 0 bridgehead atoms. The zero-order chi connectivity index (χ0) is 27.7. The maximum atomic E-state index is 9.70. The fourth-order valence-electron chi connectivity index (χ4n) is 5.90. The number of aromatic nitrogens is 7. The van der Waals surface area contributed by atoms with Crippen molar-refractivity contribution in [2.24, 2.45) is 5.92 Å². The molecule has 206 valence electrons. The van der Waals surface area contributed by atoms with Crippen molar-refractivity contribution in [2.75, 3.05) is 6.61 Å². The van der Waals surface area contributed by atoms with Gasteiger partial charge in [0, 0.05) is 61.2 Å².